The van der Waals surface area contributed by atoms with Crippen LogP contribution in [-0.2, 0) is 0 Å². The molecule has 19 heavy (non-hydrogen) atoms. The standard InChI is InChI=1S/C17H12O2/c18-16(19)14-3-1-2-13-12(14)7-9-17-8-6-11(10-17)4-5-15(13)17/h1-9H,10H2,(H,18,19). The van der Waals surface area contributed by atoms with Gasteiger partial charge in [-0.25, -0.2) is 4.79 Å². The van der Waals surface area contributed by atoms with Gasteiger partial charge in [0.25, 0.3) is 0 Å². The van der Waals surface area contributed by atoms with E-state index in [1.165, 1.54) is 11.1 Å². The third kappa shape index (κ3) is 1.28. The van der Waals surface area contributed by atoms with Gasteiger partial charge in [0.1, 0.15) is 0 Å². The lowest BCUT2D eigenvalue weighted by Gasteiger charge is -2.34. The summed E-state index contributed by atoms with van der Waals surface area (Å²) in [6.45, 7) is 0. The lowest BCUT2D eigenvalue weighted by Crippen LogP contribution is -2.21. The van der Waals surface area contributed by atoms with Crippen LogP contribution in [-0.4, -0.2) is 11.1 Å². The van der Waals surface area contributed by atoms with E-state index >= 15 is 0 Å². The summed E-state index contributed by atoms with van der Waals surface area (Å²) >= 11 is 0. The molecule has 3 aliphatic carbocycles. The normalized spacial score (nSPS) is 25.5. The number of rotatable bonds is 1. The molecule has 1 spiro atoms. The number of fused-ring (bicyclic) bond motifs is 3. The molecule has 2 bridgehead atoms. The average Bonchev–Trinajstić information content (AvgIpc) is 2.73. The van der Waals surface area contributed by atoms with Gasteiger partial charge in [-0.15, -0.1) is 0 Å². The molecule has 0 fully saturated rings. The lowest BCUT2D eigenvalue weighted by atomic mass is 9.69. The van der Waals surface area contributed by atoms with Crippen LogP contribution in [0.3, 0.4) is 0 Å². The van der Waals surface area contributed by atoms with E-state index in [-0.39, 0.29) is 5.41 Å². The minimum absolute atomic E-state index is 0.0474. The highest BCUT2D eigenvalue weighted by atomic mass is 16.4. The minimum Gasteiger partial charge on any atom is -0.478 e. The van der Waals surface area contributed by atoms with Crippen LogP contribution in [0.5, 0.6) is 0 Å². The predicted octanol–water partition coefficient (Wildman–Crippen LogP) is 3.68. The molecule has 0 saturated carbocycles. The summed E-state index contributed by atoms with van der Waals surface area (Å²) < 4.78 is 0. The summed E-state index contributed by atoms with van der Waals surface area (Å²) in [7, 11) is 0. The molecule has 92 valence electrons. The van der Waals surface area contributed by atoms with Gasteiger partial charge in [0.05, 0.1) is 5.56 Å². The molecule has 1 N–H and O–H groups in total. The van der Waals surface area contributed by atoms with Crippen molar-refractivity contribution in [1.29, 1.82) is 0 Å². The smallest absolute Gasteiger partial charge is 0.336 e. The van der Waals surface area contributed by atoms with Crippen LogP contribution >= 0.6 is 0 Å². The van der Waals surface area contributed by atoms with Gasteiger partial charge in [-0.05, 0) is 34.8 Å². The van der Waals surface area contributed by atoms with Gasteiger partial charge in [-0.1, -0.05) is 48.6 Å². The van der Waals surface area contributed by atoms with Gasteiger partial charge in [-0.3, -0.25) is 0 Å². The van der Waals surface area contributed by atoms with E-state index in [1.54, 1.807) is 6.07 Å². The Bertz CT molecular complexity index is 732. The molecule has 0 aliphatic heterocycles. The Hall–Kier alpha value is -2.35. The van der Waals surface area contributed by atoms with Crippen LogP contribution in [0, 0.1) is 5.41 Å². The molecule has 1 aromatic carbocycles. The first-order chi connectivity index (χ1) is 9.20. The van der Waals surface area contributed by atoms with Crippen molar-refractivity contribution in [1.82, 2.24) is 0 Å². The van der Waals surface area contributed by atoms with Crippen LogP contribution in [0.1, 0.15) is 27.9 Å². The lowest BCUT2D eigenvalue weighted by molar-refractivity contribution is 0.0696. The molecule has 0 saturated heterocycles. The minimum atomic E-state index is -0.868. The van der Waals surface area contributed by atoms with Crippen LogP contribution in [0.2, 0.25) is 0 Å². The van der Waals surface area contributed by atoms with Gasteiger partial charge in [0.2, 0.25) is 0 Å². The molecule has 1 atom stereocenters. The molecule has 0 heterocycles. The SMILES string of the molecule is O=C(O)c1cccc2c1C=CC13C=CC(=CC=C21)C3. The van der Waals surface area contributed by atoms with Crippen LogP contribution in [0.25, 0.3) is 11.6 Å². The molecular weight excluding hydrogens is 236 g/mol. The van der Waals surface area contributed by atoms with Crippen molar-refractivity contribution in [3.63, 3.8) is 0 Å². The zero-order valence-electron chi connectivity index (χ0n) is 10.3. The van der Waals surface area contributed by atoms with Crippen molar-refractivity contribution in [3.05, 3.63) is 70.8 Å². The molecule has 3 aliphatic rings. The second kappa shape index (κ2) is 3.35. The van der Waals surface area contributed by atoms with Crippen molar-refractivity contribution in [2.75, 3.05) is 0 Å². The first-order valence-corrected chi connectivity index (χ1v) is 6.36. The van der Waals surface area contributed by atoms with Crippen molar-refractivity contribution in [2.24, 2.45) is 5.41 Å². The van der Waals surface area contributed by atoms with Crippen LogP contribution in [0.15, 0.2) is 54.2 Å². The number of benzene rings is 1. The molecule has 4 rings (SSSR count). The summed E-state index contributed by atoms with van der Waals surface area (Å²) in [4.78, 5) is 11.3. The van der Waals surface area contributed by atoms with Crippen LogP contribution < -0.4 is 0 Å². The van der Waals surface area contributed by atoms with Gasteiger partial charge in [0.15, 0.2) is 0 Å². The highest BCUT2D eigenvalue weighted by molar-refractivity contribution is 5.98. The fourth-order valence-corrected chi connectivity index (χ4v) is 3.30. The summed E-state index contributed by atoms with van der Waals surface area (Å²) in [5.41, 5.74) is 4.75. The molecule has 2 heteroatoms. The Labute approximate surface area is 111 Å². The van der Waals surface area contributed by atoms with Gasteiger partial charge >= 0.3 is 5.97 Å². The maximum atomic E-state index is 11.3. The molecular formula is C17H12O2. The molecule has 1 aromatic rings. The second-order valence-electron chi connectivity index (χ2n) is 5.28. The fraction of sp³-hybridized carbons (Fsp3) is 0.118. The number of aromatic carboxylic acids is 1. The average molecular weight is 248 g/mol. The van der Waals surface area contributed by atoms with Gasteiger partial charge in [0, 0.05) is 5.41 Å². The Morgan fingerprint density at radius 2 is 2.00 bits per heavy atom. The maximum absolute atomic E-state index is 11.3. The second-order valence-corrected chi connectivity index (χ2v) is 5.28. The van der Waals surface area contributed by atoms with E-state index in [1.807, 2.05) is 18.2 Å². The molecule has 0 radical (unpaired) electrons. The van der Waals surface area contributed by atoms with E-state index < -0.39 is 5.97 Å². The van der Waals surface area contributed by atoms with E-state index in [2.05, 4.69) is 30.4 Å². The number of hydrogen-bond donors (Lipinski definition) is 1. The monoisotopic (exact) mass is 248 g/mol. The van der Waals surface area contributed by atoms with Crippen molar-refractivity contribution >= 4 is 17.6 Å². The third-order valence-corrected chi connectivity index (χ3v) is 4.23. The van der Waals surface area contributed by atoms with Crippen molar-refractivity contribution in [2.45, 2.75) is 6.42 Å². The zero-order chi connectivity index (χ0) is 13.0. The fourth-order valence-electron chi connectivity index (χ4n) is 3.30. The Morgan fingerprint density at radius 3 is 2.84 bits per heavy atom. The third-order valence-electron chi connectivity index (χ3n) is 4.23. The first-order valence-electron chi connectivity index (χ1n) is 6.36. The summed E-state index contributed by atoms with van der Waals surface area (Å²) in [5, 5.41) is 9.29. The van der Waals surface area contributed by atoms with Crippen LogP contribution in [0.4, 0.5) is 0 Å². The first kappa shape index (κ1) is 10.6. The largest absolute Gasteiger partial charge is 0.478 e. The Morgan fingerprint density at radius 1 is 1.16 bits per heavy atom. The molecule has 0 aromatic heterocycles. The number of carboxylic acid groups (broad SMARTS) is 1. The van der Waals surface area contributed by atoms with E-state index in [0.29, 0.717) is 5.56 Å². The number of hydrogen-bond acceptors (Lipinski definition) is 1. The number of carbonyl (C=O) groups is 1. The number of carboxylic acids is 1. The Balaban J connectivity index is 2.01. The van der Waals surface area contributed by atoms with Crippen molar-refractivity contribution in [3.8, 4) is 0 Å². The van der Waals surface area contributed by atoms with Gasteiger partial charge < -0.3 is 5.11 Å². The highest BCUT2D eigenvalue weighted by Gasteiger charge is 2.39. The molecule has 1 unspecified atom stereocenters. The molecule has 0 amide bonds. The van der Waals surface area contributed by atoms with Gasteiger partial charge in [-0.2, -0.15) is 0 Å². The van der Waals surface area contributed by atoms with Crippen molar-refractivity contribution < 1.29 is 9.90 Å². The van der Waals surface area contributed by atoms with E-state index in [9.17, 15) is 9.90 Å². The maximum Gasteiger partial charge on any atom is 0.336 e. The summed E-state index contributed by atoms with van der Waals surface area (Å²) in [6, 6.07) is 5.51. The highest BCUT2D eigenvalue weighted by Crippen LogP contribution is 2.53. The topological polar surface area (TPSA) is 37.3 Å². The number of allylic oxidation sites excluding steroid dienone is 7. The summed E-state index contributed by atoms with van der Waals surface area (Å²) in [5.74, 6) is -0.868. The van der Waals surface area contributed by atoms with E-state index in [4.69, 9.17) is 0 Å². The Kier molecular flexibility index (Phi) is 1.86. The quantitative estimate of drug-likeness (QED) is 0.823. The summed E-state index contributed by atoms with van der Waals surface area (Å²) in [6.07, 6.45) is 13.8. The predicted molar refractivity (Wildman–Crippen MR) is 74.7 cm³/mol. The van der Waals surface area contributed by atoms with E-state index in [0.717, 1.165) is 17.5 Å². The molecule has 2 nitrogen and oxygen atoms in total. The zero-order valence-corrected chi connectivity index (χ0v) is 10.3.